The molecule has 1 aliphatic heterocycles. The minimum Gasteiger partial charge on any atom is -0.325 e. The van der Waals surface area contributed by atoms with E-state index in [9.17, 15) is 14.0 Å². The second-order valence-electron chi connectivity index (χ2n) is 6.52. The molecule has 2 amide bonds. The van der Waals surface area contributed by atoms with Gasteiger partial charge in [-0.05, 0) is 36.4 Å². The third kappa shape index (κ3) is 6.16. The fraction of sp³-hybridized carbons (Fsp3) is 0.300. The molecule has 0 bridgehead atoms. The molecule has 1 fully saturated rings. The molecule has 0 radical (unpaired) electrons. The molecule has 1 saturated heterocycles. The molecule has 1 aliphatic rings. The zero-order valence-electron chi connectivity index (χ0n) is 15.0. The maximum absolute atomic E-state index is 12.9. The van der Waals surface area contributed by atoms with Crippen LogP contribution in [0.2, 0.25) is 0 Å². The number of hydrogen-bond donors (Lipinski definition) is 2. The van der Waals surface area contributed by atoms with Gasteiger partial charge in [0.1, 0.15) is 5.82 Å². The summed E-state index contributed by atoms with van der Waals surface area (Å²) in [7, 11) is 0. The van der Waals surface area contributed by atoms with Gasteiger partial charge in [0.15, 0.2) is 0 Å². The summed E-state index contributed by atoms with van der Waals surface area (Å²) in [5, 5.41) is 5.64. The molecular formula is C20H23FN4O2. The van der Waals surface area contributed by atoms with Crippen LogP contribution in [-0.2, 0) is 9.59 Å². The molecule has 7 heteroatoms. The molecule has 27 heavy (non-hydrogen) atoms. The number of nitrogens with one attached hydrogen (secondary N) is 2. The highest BCUT2D eigenvalue weighted by molar-refractivity contribution is 5.92. The van der Waals surface area contributed by atoms with Gasteiger partial charge in [0.25, 0.3) is 0 Å². The molecule has 142 valence electrons. The molecule has 0 saturated carbocycles. The minimum atomic E-state index is -0.333. The highest BCUT2D eigenvalue weighted by Crippen LogP contribution is 2.09. The Hall–Kier alpha value is -2.77. The van der Waals surface area contributed by atoms with Gasteiger partial charge < -0.3 is 10.6 Å². The van der Waals surface area contributed by atoms with Gasteiger partial charge in [0, 0.05) is 37.6 Å². The Morgan fingerprint density at radius 1 is 0.741 bits per heavy atom. The number of piperazine rings is 1. The largest absolute Gasteiger partial charge is 0.325 e. The second-order valence-corrected chi connectivity index (χ2v) is 6.52. The summed E-state index contributed by atoms with van der Waals surface area (Å²) in [6, 6.07) is 15.1. The molecule has 3 rings (SSSR count). The number of para-hydroxylation sites is 1. The molecule has 1 heterocycles. The van der Waals surface area contributed by atoms with Crippen molar-refractivity contribution in [1.29, 1.82) is 0 Å². The molecular weight excluding hydrogens is 347 g/mol. The van der Waals surface area contributed by atoms with Crippen molar-refractivity contribution < 1.29 is 14.0 Å². The highest BCUT2D eigenvalue weighted by Gasteiger charge is 2.20. The first-order chi connectivity index (χ1) is 13.1. The first-order valence-corrected chi connectivity index (χ1v) is 8.93. The van der Waals surface area contributed by atoms with E-state index in [0.717, 1.165) is 31.9 Å². The number of amides is 2. The topological polar surface area (TPSA) is 64.7 Å². The summed E-state index contributed by atoms with van der Waals surface area (Å²) in [4.78, 5) is 28.3. The Balaban J connectivity index is 1.37. The summed E-state index contributed by atoms with van der Waals surface area (Å²) in [6.07, 6.45) is 0. The predicted octanol–water partition coefficient (Wildman–Crippen LogP) is 2.02. The van der Waals surface area contributed by atoms with Crippen molar-refractivity contribution in [3.63, 3.8) is 0 Å². The Bertz CT molecular complexity index is 759. The number of anilines is 2. The summed E-state index contributed by atoms with van der Waals surface area (Å²) in [5.41, 5.74) is 1.37. The van der Waals surface area contributed by atoms with Gasteiger partial charge >= 0.3 is 0 Å². The van der Waals surface area contributed by atoms with Crippen LogP contribution in [0.4, 0.5) is 15.8 Å². The van der Waals surface area contributed by atoms with Crippen LogP contribution in [-0.4, -0.2) is 60.9 Å². The van der Waals surface area contributed by atoms with Crippen LogP contribution < -0.4 is 10.6 Å². The number of rotatable bonds is 6. The number of carbonyl (C=O) groups is 2. The molecule has 0 aliphatic carbocycles. The van der Waals surface area contributed by atoms with Crippen molar-refractivity contribution in [2.24, 2.45) is 0 Å². The number of carbonyl (C=O) groups excluding carboxylic acids is 2. The second kappa shape index (κ2) is 9.25. The van der Waals surface area contributed by atoms with Crippen LogP contribution in [0.3, 0.4) is 0 Å². The molecule has 2 aromatic rings. The number of hydrogen-bond acceptors (Lipinski definition) is 4. The fourth-order valence-corrected chi connectivity index (χ4v) is 2.97. The van der Waals surface area contributed by atoms with Crippen LogP contribution in [0.5, 0.6) is 0 Å². The van der Waals surface area contributed by atoms with E-state index in [0.29, 0.717) is 12.2 Å². The van der Waals surface area contributed by atoms with Crippen molar-refractivity contribution >= 4 is 23.2 Å². The molecule has 0 atom stereocenters. The van der Waals surface area contributed by atoms with Crippen LogP contribution in [0.1, 0.15) is 0 Å². The normalized spacial score (nSPS) is 15.3. The number of halogens is 1. The SMILES string of the molecule is O=C(CN1CCN(CC(=O)Nc2ccc(F)cc2)CC1)Nc1ccccc1. The van der Waals surface area contributed by atoms with Gasteiger partial charge in [-0.2, -0.15) is 0 Å². The lowest BCUT2D eigenvalue weighted by Gasteiger charge is -2.33. The lowest BCUT2D eigenvalue weighted by atomic mass is 10.3. The predicted molar refractivity (Wildman–Crippen MR) is 103 cm³/mol. The van der Waals surface area contributed by atoms with E-state index in [-0.39, 0.29) is 24.2 Å². The van der Waals surface area contributed by atoms with Crippen LogP contribution in [0.25, 0.3) is 0 Å². The molecule has 0 unspecified atom stereocenters. The van der Waals surface area contributed by atoms with Gasteiger partial charge in [-0.1, -0.05) is 18.2 Å². The molecule has 0 aromatic heterocycles. The zero-order chi connectivity index (χ0) is 19.1. The molecule has 0 spiro atoms. The maximum Gasteiger partial charge on any atom is 0.238 e. The van der Waals surface area contributed by atoms with Crippen molar-refractivity contribution in [2.75, 3.05) is 49.9 Å². The molecule has 2 aromatic carbocycles. The Labute approximate surface area is 158 Å². The first kappa shape index (κ1) is 19.0. The Morgan fingerprint density at radius 3 is 1.67 bits per heavy atom. The highest BCUT2D eigenvalue weighted by atomic mass is 19.1. The molecule has 2 N–H and O–H groups in total. The Morgan fingerprint density at radius 2 is 1.19 bits per heavy atom. The van der Waals surface area contributed by atoms with Gasteiger partial charge in [0.05, 0.1) is 13.1 Å². The smallest absolute Gasteiger partial charge is 0.238 e. The van der Waals surface area contributed by atoms with E-state index in [4.69, 9.17) is 0 Å². The summed E-state index contributed by atoms with van der Waals surface area (Å²) >= 11 is 0. The standard InChI is InChI=1S/C20H23FN4O2/c21-16-6-8-18(9-7-16)23-20(27)15-25-12-10-24(11-13-25)14-19(26)22-17-4-2-1-3-5-17/h1-9H,10-15H2,(H,22,26)(H,23,27). The third-order valence-corrected chi connectivity index (χ3v) is 4.38. The number of benzene rings is 2. The first-order valence-electron chi connectivity index (χ1n) is 8.93. The van der Waals surface area contributed by atoms with Crippen molar-refractivity contribution in [2.45, 2.75) is 0 Å². The van der Waals surface area contributed by atoms with Gasteiger partial charge in [-0.15, -0.1) is 0 Å². The molecule has 6 nitrogen and oxygen atoms in total. The van der Waals surface area contributed by atoms with Gasteiger partial charge in [-0.25, -0.2) is 4.39 Å². The van der Waals surface area contributed by atoms with Crippen LogP contribution >= 0.6 is 0 Å². The van der Waals surface area contributed by atoms with Crippen LogP contribution in [0, 0.1) is 5.82 Å². The fourth-order valence-electron chi connectivity index (χ4n) is 2.97. The van der Waals surface area contributed by atoms with Crippen molar-refractivity contribution in [3.05, 3.63) is 60.4 Å². The average molecular weight is 370 g/mol. The van der Waals surface area contributed by atoms with E-state index in [1.807, 2.05) is 35.2 Å². The summed E-state index contributed by atoms with van der Waals surface area (Å²) < 4.78 is 12.9. The minimum absolute atomic E-state index is 0.0382. The van der Waals surface area contributed by atoms with E-state index >= 15 is 0 Å². The number of nitrogens with zero attached hydrogens (tertiary/aromatic N) is 2. The van der Waals surface area contributed by atoms with Crippen molar-refractivity contribution in [3.8, 4) is 0 Å². The van der Waals surface area contributed by atoms with Gasteiger partial charge in [-0.3, -0.25) is 19.4 Å². The van der Waals surface area contributed by atoms with E-state index < -0.39 is 0 Å². The van der Waals surface area contributed by atoms with E-state index in [1.165, 1.54) is 24.3 Å². The third-order valence-electron chi connectivity index (χ3n) is 4.38. The Kier molecular flexibility index (Phi) is 6.51. The monoisotopic (exact) mass is 370 g/mol. The summed E-state index contributed by atoms with van der Waals surface area (Å²) in [6.45, 7) is 3.51. The van der Waals surface area contributed by atoms with Crippen LogP contribution in [0.15, 0.2) is 54.6 Å². The zero-order valence-corrected chi connectivity index (χ0v) is 15.0. The van der Waals surface area contributed by atoms with Gasteiger partial charge in [0.2, 0.25) is 11.8 Å². The average Bonchev–Trinajstić information content (AvgIpc) is 2.66. The lowest BCUT2D eigenvalue weighted by Crippen LogP contribution is -2.50. The maximum atomic E-state index is 12.9. The summed E-state index contributed by atoms with van der Waals surface area (Å²) in [5.74, 6) is -0.499. The van der Waals surface area contributed by atoms with E-state index in [2.05, 4.69) is 15.5 Å². The lowest BCUT2D eigenvalue weighted by molar-refractivity contribution is -0.120. The van der Waals surface area contributed by atoms with Crippen molar-refractivity contribution in [1.82, 2.24) is 9.80 Å². The van der Waals surface area contributed by atoms with E-state index in [1.54, 1.807) is 0 Å². The quantitative estimate of drug-likeness (QED) is 0.817.